The minimum absolute atomic E-state index is 0.258. The van der Waals surface area contributed by atoms with E-state index in [-0.39, 0.29) is 5.75 Å². The molecule has 0 radical (unpaired) electrons. The lowest BCUT2D eigenvalue weighted by molar-refractivity contribution is 0.101. The van der Waals surface area contributed by atoms with Crippen LogP contribution in [0.2, 0.25) is 0 Å². The van der Waals surface area contributed by atoms with Gasteiger partial charge in [0.2, 0.25) is 0 Å². The molecule has 124 valence electrons. The lowest BCUT2D eigenvalue weighted by Gasteiger charge is -2.35. The number of aromatic nitrogens is 1. The van der Waals surface area contributed by atoms with Crippen molar-refractivity contribution in [2.24, 2.45) is 0 Å². The van der Waals surface area contributed by atoms with Crippen molar-refractivity contribution in [1.29, 1.82) is 0 Å². The average molecular weight is 328 g/mol. The Morgan fingerprint density at radius 2 is 2.23 bits per heavy atom. The van der Waals surface area contributed by atoms with E-state index < -0.39 is 9.84 Å². The van der Waals surface area contributed by atoms with E-state index in [1.165, 1.54) is 12.7 Å². The van der Waals surface area contributed by atoms with Gasteiger partial charge in [-0.05, 0) is 25.8 Å². The average Bonchev–Trinajstić information content (AvgIpc) is 2.89. The standard InChI is InChI=1S/C15H24N2O4S/c1-22(18,19)9-6-12-4-2-3-7-17(12)10-14-13-11-20-8-5-15(13)21-16-14/h12H,2-11H2,1H3. The largest absolute Gasteiger partial charge is 0.376 e. The second-order valence-corrected chi connectivity index (χ2v) is 8.63. The molecule has 1 fully saturated rings. The van der Waals surface area contributed by atoms with Crippen LogP contribution < -0.4 is 0 Å². The summed E-state index contributed by atoms with van der Waals surface area (Å²) in [6, 6.07) is 0.320. The van der Waals surface area contributed by atoms with Crippen molar-refractivity contribution in [3.8, 4) is 0 Å². The molecule has 3 heterocycles. The molecule has 2 aliphatic rings. The Morgan fingerprint density at radius 3 is 3.05 bits per heavy atom. The molecule has 1 unspecified atom stereocenters. The maximum Gasteiger partial charge on any atom is 0.147 e. The first-order chi connectivity index (χ1) is 10.5. The fourth-order valence-electron chi connectivity index (χ4n) is 3.34. The maximum atomic E-state index is 11.4. The van der Waals surface area contributed by atoms with Gasteiger partial charge in [0.15, 0.2) is 0 Å². The molecule has 6 nitrogen and oxygen atoms in total. The van der Waals surface area contributed by atoms with Gasteiger partial charge in [0.05, 0.1) is 19.0 Å². The minimum atomic E-state index is -2.90. The highest BCUT2D eigenvalue weighted by Gasteiger charge is 2.27. The van der Waals surface area contributed by atoms with Gasteiger partial charge >= 0.3 is 0 Å². The van der Waals surface area contributed by atoms with Gasteiger partial charge in [0, 0.05) is 30.8 Å². The van der Waals surface area contributed by atoms with Gasteiger partial charge in [-0.1, -0.05) is 11.6 Å². The van der Waals surface area contributed by atoms with Crippen molar-refractivity contribution in [3.05, 3.63) is 17.0 Å². The molecule has 1 saturated heterocycles. The molecule has 0 saturated carbocycles. The first-order valence-electron chi connectivity index (χ1n) is 7.99. The van der Waals surface area contributed by atoms with E-state index in [1.807, 2.05) is 0 Å². The van der Waals surface area contributed by atoms with Crippen LogP contribution in [0.25, 0.3) is 0 Å². The van der Waals surface area contributed by atoms with Crippen molar-refractivity contribution in [1.82, 2.24) is 10.1 Å². The summed E-state index contributed by atoms with van der Waals surface area (Å²) in [6.45, 7) is 3.01. The third-order valence-electron chi connectivity index (χ3n) is 4.59. The molecule has 22 heavy (non-hydrogen) atoms. The highest BCUT2D eigenvalue weighted by molar-refractivity contribution is 7.90. The molecule has 0 bridgehead atoms. The molecule has 0 aliphatic carbocycles. The van der Waals surface area contributed by atoms with Gasteiger partial charge in [-0.2, -0.15) is 0 Å². The molecule has 1 atom stereocenters. The summed E-state index contributed by atoms with van der Waals surface area (Å²) in [5, 5.41) is 4.22. The van der Waals surface area contributed by atoms with Gasteiger partial charge in [0.25, 0.3) is 0 Å². The molecule has 0 amide bonds. The number of likely N-dealkylation sites (tertiary alicyclic amines) is 1. The highest BCUT2D eigenvalue weighted by Crippen LogP contribution is 2.26. The van der Waals surface area contributed by atoms with E-state index in [2.05, 4.69) is 10.1 Å². The molecular weight excluding hydrogens is 304 g/mol. The quantitative estimate of drug-likeness (QED) is 0.816. The van der Waals surface area contributed by atoms with E-state index in [0.717, 1.165) is 49.4 Å². The Morgan fingerprint density at radius 1 is 1.36 bits per heavy atom. The topological polar surface area (TPSA) is 72.6 Å². The third-order valence-corrected chi connectivity index (χ3v) is 5.57. The van der Waals surface area contributed by atoms with Crippen molar-refractivity contribution < 1.29 is 17.7 Å². The Hall–Kier alpha value is -0.920. The van der Waals surface area contributed by atoms with Crippen molar-refractivity contribution in [2.75, 3.05) is 25.2 Å². The zero-order valence-electron chi connectivity index (χ0n) is 13.1. The number of hydrogen-bond donors (Lipinski definition) is 0. The Balaban J connectivity index is 1.67. The van der Waals surface area contributed by atoms with E-state index in [4.69, 9.17) is 9.26 Å². The smallest absolute Gasteiger partial charge is 0.147 e. The van der Waals surface area contributed by atoms with E-state index in [1.54, 1.807) is 0 Å². The van der Waals surface area contributed by atoms with Gasteiger partial charge in [-0.15, -0.1) is 0 Å². The second kappa shape index (κ2) is 6.68. The molecule has 1 aromatic rings. The van der Waals surface area contributed by atoms with Crippen LogP contribution in [-0.2, 0) is 34.1 Å². The summed E-state index contributed by atoms with van der Waals surface area (Å²) in [5.41, 5.74) is 2.06. The lowest BCUT2D eigenvalue weighted by atomic mass is 9.99. The summed E-state index contributed by atoms with van der Waals surface area (Å²) in [5.74, 6) is 1.21. The van der Waals surface area contributed by atoms with Crippen LogP contribution in [0.15, 0.2) is 4.52 Å². The monoisotopic (exact) mass is 328 g/mol. The molecule has 0 spiro atoms. The number of rotatable bonds is 5. The Bertz CT molecular complexity index is 611. The molecule has 0 N–H and O–H groups in total. The summed E-state index contributed by atoms with van der Waals surface area (Å²) < 4.78 is 33.8. The minimum Gasteiger partial charge on any atom is -0.376 e. The van der Waals surface area contributed by atoms with Crippen molar-refractivity contribution >= 4 is 9.84 Å². The molecule has 7 heteroatoms. The fraction of sp³-hybridized carbons (Fsp3) is 0.800. The van der Waals surface area contributed by atoms with Crippen LogP contribution in [0.5, 0.6) is 0 Å². The lowest BCUT2D eigenvalue weighted by Crippen LogP contribution is -2.40. The number of fused-ring (bicyclic) bond motifs is 1. The summed E-state index contributed by atoms with van der Waals surface area (Å²) in [4.78, 5) is 2.36. The third kappa shape index (κ3) is 3.88. The Kier molecular flexibility index (Phi) is 4.84. The van der Waals surface area contributed by atoms with E-state index in [9.17, 15) is 8.42 Å². The van der Waals surface area contributed by atoms with Crippen molar-refractivity contribution in [2.45, 2.75) is 51.3 Å². The summed E-state index contributed by atoms with van der Waals surface area (Å²) in [6.07, 6.45) is 6.20. The first kappa shape index (κ1) is 16.0. The molecular formula is C15H24N2O4S. The zero-order valence-corrected chi connectivity index (χ0v) is 13.9. The predicted molar refractivity (Wildman–Crippen MR) is 82.2 cm³/mol. The zero-order chi connectivity index (χ0) is 15.6. The maximum absolute atomic E-state index is 11.4. The fourth-order valence-corrected chi connectivity index (χ4v) is 4.04. The number of nitrogens with zero attached hydrogens (tertiary/aromatic N) is 2. The number of ether oxygens (including phenoxy) is 1. The second-order valence-electron chi connectivity index (χ2n) is 6.37. The van der Waals surface area contributed by atoms with Crippen LogP contribution in [-0.4, -0.2) is 49.7 Å². The van der Waals surface area contributed by atoms with Crippen LogP contribution in [0.1, 0.15) is 42.7 Å². The molecule has 0 aromatic carbocycles. The first-order valence-corrected chi connectivity index (χ1v) is 10.0. The molecule has 3 rings (SSSR count). The predicted octanol–water partition coefficient (Wildman–Crippen LogP) is 1.54. The van der Waals surface area contributed by atoms with Gasteiger partial charge < -0.3 is 9.26 Å². The normalized spacial score (nSPS) is 23.4. The summed E-state index contributed by atoms with van der Waals surface area (Å²) >= 11 is 0. The van der Waals surface area contributed by atoms with E-state index in [0.29, 0.717) is 25.7 Å². The van der Waals surface area contributed by atoms with Crippen LogP contribution in [0.3, 0.4) is 0 Å². The van der Waals surface area contributed by atoms with Crippen molar-refractivity contribution in [3.63, 3.8) is 0 Å². The summed E-state index contributed by atoms with van der Waals surface area (Å²) in [7, 11) is -2.90. The van der Waals surface area contributed by atoms with Crippen LogP contribution >= 0.6 is 0 Å². The molecule has 1 aromatic heterocycles. The van der Waals surface area contributed by atoms with Crippen LogP contribution in [0.4, 0.5) is 0 Å². The molecule has 2 aliphatic heterocycles. The van der Waals surface area contributed by atoms with Gasteiger partial charge in [0.1, 0.15) is 21.3 Å². The van der Waals surface area contributed by atoms with Gasteiger partial charge in [-0.3, -0.25) is 4.90 Å². The van der Waals surface area contributed by atoms with E-state index >= 15 is 0 Å². The highest BCUT2D eigenvalue weighted by atomic mass is 32.2. The SMILES string of the molecule is CS(=O)(=O)CCC1CCCCN1Cc1noc2c1COCC2. The van der Waals surface area contributed by atoms with Gasteiger partial charge in [-0.25, -0.2) is 8.42 Å². The number of hydrogen-bond acceptors (Lipinski definition) is 6. The Labute approximate surface area is 131 Å². The van der Waals surface area contributed by atoms with Crippen LogP contribution in [0, 0.1) is 0 Å². The number of sulfone groups is 1. The number of piperidine rings is 1.